The number of nitrogens with one attached hydrogen (secondary N) is 2. The number of esters is 1. The summed E-state index contributed by atoms with van der Waals surface area (Å²) in [5.74, 6) is 0.361. The summed E-state index contributed by atoms with van der Waals surface area (Å²) in [6.45, 7) is 4.01. The highest BCUT2D eigenvalue weighted by Gasteiger charge is 2.28. The largest absolute Gasteiger partial charge is 0.497 e. The van der Waals surface area contributed by atoms with E-state index in [1.54, 1.807) is 56.8 Å². The fourth-order valence-electron chi connectivity index (χ4n) is 4.28. The molecule has 2 amide bonds. The second kappa shape index (κ2) is 13.1. The number of carbonyl (C=O) groups is 3. The number of aryl methyl sites for hydroxylation is 1. The average Bonchev–Trinajstić information content (AvgIpc) is 3.36. The van der Waals surface area contributed by atoms with Crippen LogP contribution in [-0.2, 0) is 36.0 Å². The first kappa shape index (κ1) is 28.6. The molecule has 0 unspecified atom stereocenters. The van der Waals surface area contributed by atoms with Crippen molar-refractivity contribution in [2.45, 2.75) is 62.9 Å². The van der Waals surface area contributed by atoms with Crippen molar-refractivity contribution in [1.29, 1.82) is 0 Å². The topological polar surface area (TPSA) is 124 Å². The van der Waals surface area contributed by atoms with Crippen LogP contribution >= 0.6 is 23.1 Å². The molecule has 0 fully saturated rings. The van der Waals surface area contributed by atoms with E-state index in [9.17, 15) is 14.4 Å². The zero-order valence-corrected chi connectivity index (χ0v) is 24.2. The molecule has 0 spiro atoms. The standard InChI is InChI=1S/C27H33N5O5S2/c1-5-37-26(35)22-19-9-7-6-8-10-20(19)39-25(22)29-23(33)16(2)38-27-31-30-21(32(27)3)15-28-24(34)17-11-13-18(36-4)14-12-17/h11-14,16H,5-10,15H2,1-4H3,(H,28,34)(H,29,33)/t16-/m1/s1. The number of hydrogen-bond acceptors (Lipinski definition) is 9. The summed E-state index contributed by atoms with van der Waals surface area (Å²) in [6, 6.07) is 6.82. The lowest BCUT2D eigenvalue weighted by atomic mass is 10.1. The number of thiophene rings is 1. The molecule has 12 heteroatoms. The molecule has 208 valence electrons. The first-order chi connectivity index (χ1) is 18.8. The first-order valence-electron chi connectivity index (χ1n) is 12.9. The van der Waals surface area contributed by atoms with Crippen LogP contribution in [0.3, 0.4) is 0 Å². The maximum Gasteiger partial charge on any atom is 0.341 e. The van der Waals surface area contributed by atoms with Gasteiger partial charge in [0.15, 0.2) is 11.0 Å². The molecule has 2 N–H and O–H groups in total. The molecule has 1 aliphatic carbocycles. The number of nitrogens with zero attached hydrogens (tertiary/aromatic N) is 3. The van der Waals surface area contributed by atoms with Crippen LogP contribution in [0.25, 0.3) is 0 Å². The van der Waals surface area contributed by atoms with Gasteiger partial charge in [-0.15, -0.1) is 21.5 Å². The van der Waals surface area contributed by atoms with Gasteiger partial charge in [0, 0.05) is 17.5 Å². The Balaban J connectivity index is 1.39. The number of rotatable bonds is 10. The molecular formula is C27H33N5O5S2. The number of thioether (sulfide) groups is 1. The summed E-state index contributed by atoms with van der Waals surface area (Å²) in [4.78, 5) is 39.6. The molecule has 10 nitrogen and oxygen atoms in total. The molecule has 0 saturated carbocycles. The van der Waals surface area contributed by atoms with Crippen LogP contribution in [-0.4, -0.2) is 51.5 Å². The predicted molar refractivity (Wildman–Crippen MR) is 151 cm³/mol. The average molecular weight is 572 g/mol. The maximum atomic E-state index is 13.2. The van der Waals surface area contributed by atoms with E-state index in [4.69, 9.17) is 9.47 Å². The van der Waals surface area contributed by atoms with Crippen LogP contribution < -0.4 is 15.4 Å². The number of hydrogen-bond donors (Lipinski definition) is 2. The lowest BCUT2D eigenvalue weighted by Crippen LogP contribution is -2.25. The molecule has 4 rings (SSSR count). The van der Waals surface area contributed by atoms with Crippen molar-refractivity contribution in [3.63, 3.8) is 0 Å². The van der Waals surface area contributed by atoms with Crippen LogP contribution in [0.2, 0.25) is 0 Å². The second-order valence-electron chi connectivity index (χ2n) is 9.11. The Morgan fingerprint density at radius 3 is 2.59 bits per heavy atom. The minimum atomic E-state index is -0.508. The van der Waals surface area contributed by atoms with Gasteiger partial charge < -0.3 is 24.7 Å². The van der Waals surface area contributed by atoms with Gasteiger partial charge in [-0.2, -0.15) is 0 Å². The van der Waals surface area contributed by atoms with Gasteiger partial charge in [-0.05, 0) is 69.4 Å². The molecule has 3 aromatic rings. The molecule has 0 radical (unpaired) electrons. The van der Waals surface area contributed by atoms with Crippen molar-refractivity contribution >= 4 is 45.9 Å². The van der Waals surface area contributed by atoms with Gasteiger partial charge in [-0.1, -0.05) is 18.2 Å². The smallest absolute Gasteiger partial charge is 0.341 e. The van der Waals surface area contributed by atoms with E-state index in [0.717, 1.165) is 42.5 Å². The van der Waals surface area contributed by atoms with Crippen molar-refractivity contribution < 1.29 is 23.9 Å². The molecule has 2 aromatic heterocycles. The van der Waals surface area contributed by atoms with Gasteiger partial charge in [0.2, 0.25) is 5.91 Å². The summed E-state index contributed by atoms with van der Waals surface area (Å²) in [5.41, 5.74) is 2.02. The van der Waals surface area contributed by atoms with E-state index in [2.05, 4.69) is 20.8 Å². The Morgan fingerprint density at radius 1 is 1.13 bits per heavy atom. The Labute approximate surface area is 235 Å². The molecule has 0 aliphatic heterocycles. The monoisotopic (exact) mass is 571 g/mol. The van der Waals surface area contributed by atoms with E-state index >= 15 is 0 Å². The van der Waals surface area contributed by atoms with Crippen LogP contribution in [0.4, 0.5) is 5.00 Å². The van der Waals surface area contributed by atoms with Crippen molar-refractivity contribution in [1.82, 2.24) is 20.1 Å². The van der Waals surface area contributed by atoms with Crippen LogP contribution in [0.15, 0.2) is 29.4 Å². The number of amides is 2. The Hall–Kier alpha value is -3.38. The molecule has 0 saturated heterocycles. The summed E-state index contributed by atoms with van der Waals surface area (Å²) in [5, 5.41) is 14.8. The van der Waals surface area contributed by atoms with Gasteiger partial charge in [-0.25, -0.2) is 4.79 Å². The number of ether oxygens (including phenoxy) is 2. The third-order valence-electron chi connectivity index (χ3n) is 6.47. The van der Waals surface area contributed by atoms with Crippen molar-refractivity contribution in [3.8, 4) is 5.75 Å². The minimum Gasteiger partial charge on any atom is -0.497 e. The summed E-state index contributed by atoms with van der Waals surface area (Å²) in [6.07, 6.45) is 4.94. The van der Waals surface area contributed by atoms with Gasteiger partial charge >= 0.3 is 5.97 Å². The quantitative estimate of drug-likeness (QED) is 0.209. The summed E-state index contributed by atoms with van der Waals surface area (Å²) >= 11 is 2.73. The number of fused-ring (bicyclic) bond motifs is 1. The van der Waals surface area contributed by atoms with Gasteiger partial charge in [0.1, 0.15) is 10.8 Å². The van der Waals surface area contributed by atoms with Crippen LogP contribution in [0.1, 0.15) is 70.1 Å². The molecule has 1 aliphatic rings. The molecule has 39 heavy (non-hydrogen) atoms. The van der Waals surface area contributed by atoms with E-state index in [-0.39, 0.29) is 30.9 Å². The van der Waals surface area contributed by atoms with Crippen molar-refractivity contribution in [2.24, 2.45) is 7.05 Å². The number of methoxy groups -OCH3 is 1. The van der Waals surface area contributed by atoms with E-state index in [1.807, 2.05) is 0 Å². The Bertz CT molecular complexity index is 1340. The first-order valence-corrected chi connectivity index (χ1v) is 14.6. The molecule has 1 atom stereocenters. The van der Waals surface area contributed by atoms with Gasteiger partial charge in [0.25, 0.3) is 5.91 Å². The molecule has 2 heterocycles. The second-order valence-corrected chi connectivity index (χ2v) is 11.5. The molecule has 1 aromatic carbocycles. The zero-order valence-electron chi connectivity index (χ0n) is 22.5. The highest BCUT2D eigenvalue weighted by Crippen LogP contribution is 2.38. The normalized spacial score (nSPS) is 13.6. The van der Waals surface area contributed by atoms with Crippen molar-refractivity contribution in [2.75, 3.05) is 19.0 Å². The van der Waals surface area contributed by atoms with Gasteiger partial charge in [-0.3, -0.25) is 9.59 Å². The predicted octanol–water partition coefficient (Wildman–Crippen LogP) is 4.38. The summed E-state index contributed by atoms with van der Waals surface area (Å²) < 4.78 is 12.2. The third kappa shape index (κ3) is 6.80. The Morgan fingerprint density at radius 2 is 1.87 bits per heavy atom. The van der Waals surface area contributed by atoms with E-state index in [1.165, 1.54) is 23.1 Å². The maximum absolute atomic E-state index is 13.2. The van der Waals surface area contributed by atoms with Crippen molar-refractivity contribution in [3.05, 3.63) is 51.7 Å². The third-order valence-corrected chi connectivity index (χ3v) is 8.81. The number of anilines is 1. The highest BCUT2D eigenvalue weighted by molar-refractivity contribution is 8.00. The summed E-state index contributed by atoms with van der Waals surface area (Å²) in [7, 11) is 3.36. The molecule has 0 bridgehead atoms. The lowest BCUT2D eigenvalue weighted by molar-refractivity contribution is -0.115. The lowest BCUT2D eigenvalue weighted by Gasteiger charge is -2.12. The Kier molecular flexibility index (Phi) is 9.63. The number of carbonyl (C=O) groups excluding carboxylic acids is 3. The van der Waals surface area contributed by atoms with E-state index < -0.39 is 5.25 Å². The van der Waals surface area contributed by atoms with Crippen LogP contribution in [0.5, 0.6) is 5.75 Å². The fourth-order valence-corrected chi connectivity index (χ4v) is 6.39. The number of aromatic nitrogens is 3. The van der Waals surface area contributed by atoms with Gasteiger partial charge in [0.05, 0.1) is 31.1 Å². The van der Waals surface area contributed by atoms with Crippen LogP contribution in [0, 0.1) is 0 Å². The minimum absolute atomic E-state index is 0.180. The SMILES string of the molecule is CCOC(=O)c1c(NC(=O)[C@@H](C)Sc2nnc(CNC(=O)c3ccc(OC)cc3)n2C)sc2c1CCCCC2. The fraction of sp³-hybridized carbons (Fsp3) is 0.444. The number of benzene rings is 1. The zero-order chi connectivity index (χ0) is 27.9. The highest BCUT2D eigenvalue weighted by atomic mass is 32.2. The molecular weight excluding hydrogens is 538 g/mol. The van der Waals surface area contributed by atoms with E-state index in [0.29, 0.717) is 32.9 Å².